The summed E-state index contributed by atoms with van der Waals surface area (Å²) in [5, 5.41) is 18.8. The molecule has 0 atom stereocenters. The van der Waals surface area contributed by atoms with Gasteiger partial charge in [0, 0.05) is 5.56 Å². The van der Waals surface area contributed by atoms with E-state index < -0.39 is 16.4 Å². The maximum Gasteiger partial charge on any atom is 0.319 e. The highest BCUT2D eigenvalue weighted by molar-refractivity contribution is 9.10. The van der Waals surface area contributed by atoms with Crippen LogP contribution in [0.5, 0.6) is 0 Å². The summed E-state index contributed by atoms with van der Waals surface area (Å²) in [5.41, 5.74) is -0.597. The predicted octanol–water partition coefficient (Wildman–Crippen LogP) is 2.56. The fraction of sp³-hybridized carbons (Fsp3) is 0.125. The molecule has 1 aromatic carbocycles. The molecule has 4 nitrogen and oxygen atoms in total. The van der Waals surface area contributed by atoms with E-state index >= 15 is 0 Å². The Morgan fingerprint density at radius 2 is 2.29 bits per heavy atom. The third kappa shape index (κ3) is 1.88. The highest BCUT2D eigenvalue weighted by Gasteiger charge is 2.21. The first kappa shape index (κ1) is 10.6. The molecule has 72 valence electrons. The van der Waals surface area contributed by atoms with Gasteiger partial charge in [0.05, 0.1) is 21.9 Å². The highest BCUT2D eigenvalue weighted by Crippen LogP contribution is 2.29. The summed E-state index contributed by atoms with van der Waals surface area (Å²) in [4.78, 5) is 9.63. The molecule has 1 rings (SSSR count). The van der Waals surface area contributed by atoms with E-state index in [0.717, 1.165) is 0 Å². The first-order valence-electron chi connectivity index (χ1n) is 3.56. The van der Waals surface area contributed by atoms with Crippen molar-refractivity contribution in [3.05, 3.63) is 38.1 Å². The Morgan fingerprint density at radius 3 is 2.79 bits per heavy atom. The Hall–Kier alpha value is -1.48. The minimum absolute atomic E-state index is 0.0300. The molecule has 0 aromatic heterocycles. The molecule has 0 aliphatic rings. The van der Waals surface area contributed by atoms with E-state index in [4.69, 9.17) is 5.26 Å². The Balaban J connectivity index is 3.35. The molecular formula is C8H4BrFN2O2. The van der Waals surface area contributed by atoms with Crippen LogP contribution in [0, 0.1) is 27.3 Å². The van der Waals surface area contributed by atoms with Gasteiger partial charge in [-0.3, -0.25) is 10.1 Å². The van der Waals surface area contributed by atoms with Crippen molar-refractivity contribution in [1.29, 1.82) is 5.26 Å². The van der Waals surface area contributed by atoms with Crippen LogP contribution < -0.4 is 0 Å². The molecule has 0 bridgehead atoms. The monoisotopic (exact) mass is 258 g/mol. The zero-order valence-corrected chi connectivity index (χ0v) is 8.41. The molecule has 0 saturated heterocycles. The largest absolute Gasteiger partial charge is 0.319 e. The summed E-state index contributed by atoms with van der Waals surface area (Å²) in [7, 11) is 0. The molecule has 0 heterocycles. The van der Waals surface area contributed by atoms with E-state index in [2.05, 4.69) is 15.9 Å². The molecule has 1 aromatic rings. The van der Waals surface area contributed by atoms with Crippen LogP contribution in [-0.4, -0.2) is 4.92 Å². The van der Waals surface area contributed by atoms with Crippen molar-refractivity contribution in [3.63, 3.8) is 0 Å². The number of rotatable bonds is 2. The molecule has 6 heteroatoms. The molecule has 0 radical (unpaired) electrons. The fourth-order valence-electron chi connectivity index (χ4n) is 0.972. The van der Waals surface area contributed by atoms with E-state index in [1.807, 2.05) is 0 Å². The van der Waals surface area contributed by atoms with Crippen LogP contribution in [0.3, 0.4) is 0 Å². The topological polar surface area (TPSA) is 66.9 Å². The van der Waals surface area contributed by atoms with E-state index in [1.165, 1.54) is 12.1 Å². The predicted molar refractivity (Wildman–Crippen MR) is 50.1 cm³/mol. The van der Waals surface area contributed by atoms with Crippen LogP contribution >= 0.6 is 15.9 Å². The minimum atomic E-state index is -0.953. The van der Waals surface area contributed by atoms with Crippen LogP contribution in [0.15, 0.2) is 16.6 Å². The SMILES string of the molecule is N#CCc1ccc(Br)c([N+](=O)[O-])c1F. The Bertz CT molecular complexity index is 428. The number of nitro benzene ring substituents is 1. The van der Waals surface area contributed by atoms with Crippen LogP contribution in [-0.2, 0) is 6.42 Å². The van der Waals surface area contributed by atoms with Gasteiger partial charge < -0.3 is 0 Å². The summed E-state index contributed by atoms with van der Waals surface area (Å²) < 4.78 is 13.4. The Labute approximate surface area is 87.2 Å². The first-order valence-corrected chi connectivity index (χ1v) is 4.35. The van der Waals surface area contributed by atoms with Crippen LogP contribution in [0.4, 0.5) is 10.1 Å². The van der Waals surface area contributed by atoms with Gasteiger partial charge >= 0.3 is 5.69 Å². The van der Waals surface area contributed by atoms with Gasteiger partial charge in [-0.05, 0) is 22.0 Å². The molecule has 0 amide bonds. The maximum absolute atomic E-state index is 13.3. The van der Waals surface area contributed by atoms with Gasteiger partial charge in [0.25, 0.3) is 0 Å². The van der Waals surface area contributed by atoms with Crippen molar-refractivity contribution in [2.24, 2.45) is 0 Å². The standard InChI is InChI=1S/C8H4BrFN2O2/c9-6-2-1-5(3-4-11)7(10)8(6)12(13)14/h1-2H,3H2. The molecule has 14 heavy (non-hydrogen) atoms. The van der Waals surface area contributed by atoms with E-state index in [0.29, 0.717) is 0 Å². The van der Waals surface area contributed by atoms with E-state index in [1.54, 1.807) is 6.07 Å². The molecule has 0 spiro atoms. The number of halogens is 2. The zero-order chi connectivity index (χ0) is 10.7. The summed E-state index contributed by atoms with van der Waals surface area (Å²) in [5.74, 6) is -0.953. The second-order valence-electron chi connectivity index (χ2n) is 2.46. The number of benzene rings is 1. The van der Waals surface area contributed by atoms with Crippen molar-refractivity contribution in [1.82, 2.24) is 0 Å². The van der Waals surface area contributed by atoms with Crippen LogP contribution in [0.25, 0.3) is 0 Å². The maximum atomic E-state index is 13.3. The lowest BCUT2D eigenvalue weighted by atomic mass is 10.1. The lowest BCUT2D eigenvalue weighted by Crippen LogP contribution is -1.98. The first-order chi connectivity index (χ1) is 6.57. The number of nitro groups is 1. The molecule has 0 saturated carbocycles. The normalized spacial score (nSPS) is 9.50. The van der Waals surface area contributed by atoms with Crippen molar-refractivity contribution in [3.8, 4) is 6.07 Å². The van der Waals surface area contributed by atoms with Gasteiger partial charge in [0.2, 0.25) is 5.82 Å². The molecule has 0 aliphatic carbocycles. The van der Waals surface area contributed by atoms with Crippen molar-refractivity contribution in [2.75, 3.05) is 0 Å². The Morgan fingerprint density at radius 1 is 1.64 bits per heavy atom. The number of nitrogens with zero attached hydrogens (tertiary/aromatic N) is 2. The fourth-order valence-corrected chi connectivity index (χ4v) is 1.42. The lowest BCUT2D eigenvalue weighted by molar-refractivity contribution is -0.388. The van der Waals surface area contributed by atoms with Crippen LogP contribution in [0.1, 0.15) is 5.56 Å². The lowest BCUT2D eigenvalue weighted by Gasteiger charge is -2.00. The molecule has 0 N–H and O–H groups in total. The third-order valence-electron chi connectivity index (χ3n) is 1.60. The van der Waals surface area contributed by atoms with Gasteiger partial charge in [-0.2, -0.15) is 9.65 Å². The van der Waals surface area contributed by atoms with Gasteiger partial charge in [0.15, 0.2) is 0 Å². The molecule has 0 unspecified atom stereocenters. The average molecular weight is 259 g/mol. The van der Waals surface area contributed by atoms with Gasteiger partial charge in [0.1, 0.15) is 0 Å². The Kier molecular flexibility index (Phi) is 3.14. The quantitative estimate of drug-likeness (QED) is 0.605. The second-order valence-corrected chi connectivity index (χ2v) is 3.32. The average Bonchev–Trinajstić information content (AvgIpc) is 2.10. The third-order valence-corrected chi connectivity index (χ3v) is 2.24. The van der Waals surface area contributed by atoms with E-state index in [9.17, 15) is 14.5 Å². The summed E-state index contributed by atoms with van der Waals surface area (Å²) in [6.45, 7) is 0. The molecule has 0 fully saturated rings. The molecule has 0 aliphatic heterocycles. The second kappa shape index (κ2) is 4.15. The number of hydrogen-bond acceptors (Lipinski definition) is 3. The van der Waals surface area contributed by atoms with Crippen LogP contribution in [0.2, 0.25) is 0 Å². The molecular weight excluding hydrogens is 255 g/mol. The van der Waals surface area contributed by atoms with Gasteiger partial charge in [-0.15, -0.1) is 0 Å². The van der Waals surface area contributed by atoms with Crippen molar-refractivity contribution < 1.29 is 9.31 Å². The van der Waals surface area contributed by atoms with Gasteiger partial charge in [-0.1, -0.05) is 6.07 Å². The summed E-state index contributed by atoms with van der Waals surface area (Å²) in [6, 6.07) is 4.43. The number of hydrogen-bond donors (Lipinski definition) is 0. The van der Waals surface area contributed by atoms with Gasteiger partial charge in [-0.25, -0.2) is 0 Å². The van der Waals surface area contributed by atoms with E-state index in [-0.39, 0.29) is 16.5 Å². The number of nitriles is 1. The summed E-state index contributed by atoms with van der Waals surface area (Å²) >= 11 is 2.87. The summed E-state index contributed by atoms with van der Waals surface area (Å²) in [6.07, 6.45) is -0.181. The van der Waals surface area contributed by atoms with Crippen molar-refractivity contribution >= 4 is 21.6 Å². The zero-order valence-electron chi connectivity index (χ0n) is 6.83. The minimum Gasteiger partial charge on any atom is -0.258 e. The highest BCUT2D eigenvalue weighted by atomic mass is 79.9. The smallest absolute Gasteiger partial charge is 0.258 e. The van der Waals surface area contributed by atoms with Crippen molar-refractivity contribution in [2.45, 2.75) is 6.42 Å².